The predicted molar refractivity (Wildman–Crippen MR) is 99.5 cm³/mol. The summed E-state index contributed by atoms with van der Waals surface area (Å²) in [5.41, 5.74) is 0.00231. The third-order valence-corrected chi connectivity index (χ3v) is 6.42. The molecule has 1 unspecified atom stereocenters. The number of sulfonamides is 1. The lowest BCUT2D eigenvalue weighted by Gasteiger charge is -2.24. The van der Waals surface area contributed by atoms with Gasteiger partial charge in [-0.05, 0) is 43.9 Å². The summed E-state index contributed by atoms with van der Waals surface area (Å²) in [5.74, 6) is -1.47. The van der Waals surface area contributed by atoms with E-state index < -0.39 is 40.6 Å². The zero-order valence-electron chi connectivity index (χ0n) is 16.2. The molecule has 1 saturated heterocycles. The number of benzene rings is 1. The van der Waals surface area contributed by atoms with Crippen molar-refractivity contribution < 1.29 is 35.9 Å². The van der Waals surface area contributed by atoms with Crippen molar-refractivity contribution >= 4 is 21.8 Å². The summed E-state index contributed by atoms with van der Waals surface area (Å²) < 4.78 is 70.0. The number of hydrogen-bond donors (Lipinski definition) is 2. The molecule has 1 aromatic rings. The van der Waals surface area contributed by atoms with Crippen molar-refractivity contribution in [3.63, 3.8) is 0 Å². The molecule has 1 aliphatic carbocycles. The smallest absolute Gasteiger partial charge is 0.405 e. The van der Waals surface area contributed by atoms with E-state index in [2.05, 4.69) is 4.72 Å². The summed E-state index contributed by atoms with van der Waals surface area (Å²) in [6.07, 6.45) is -2.44. The number of carbonyl (C=O) groups is 2. The van der Waals surface area contributed by atoms with Crippen LogP contribution in [-0.2, 0) is 14.8 Å². The van der Waals surface area contributed by atoms with Crippen molar-refractivity contribution in [2.75, 3.05) is 20.2 Å². The highest BCUT2D eigenvalue weighted by Gasteiger charge is 2.37. The topological polar surface area (TPSA) is 105 Å². The van der Waals surface area contributed by atoms with E-state index >= 15 is 0 Å². The highest BCUT2D eigenvalue weighted by atomic mass is 32.2. The van der Waals surface area contributed by atoms with E-state index in [0.29, 0.717) is 6.42 Å². The van der Waals surface area contributed by atoms with E-state index in [9.17, 15) is 31.2 Å². The zero-order chi connectivity index (χ0) is 22.1. The maximum Gasteiger partial charge on any atom is 0.405 e. The molecule has 2 amide bonds. The van der Waals surface area contributed by atoms with E-state index in [4.69, 9.17) is 4.74 Å². The van der Waals surface area contributed by atoms with Crippen LogP contribution < -0.4 is 14.8 Å². The van der Waals surface area contributed by atoms with Crippen molar-refractivity contribution in [3.05, 3.63) is 23.8 Å². The molecule has 166 valence electrons. The summed E-state index contributed by atoms with van der Waals surface area (Å²) >= 11 is 0. The minimum Gasteiger partial charge on any atom is -0.495 e. The first-order chi connectivity index (χ1) is 14.0. The molecule has 30 heavy (non-hydrogen) atoms. The van der Waals surface area contributed by atoms with Crippen LogP contribution in [0.4, 0.5) is 13.2 Å². The van der Waals surface area contributed by atoms with Crippen molar-refractivity contribution in [1.29, 1.82) is 0 Å². The Balaban J connectivity index is 1.81. The Hall–Kier alpha value is -2.34. The molecular weight excluding hydrogens is 427 g/mol. The molecule has 1 atom stereocenters. The molecule has 0 aromatic heterocycles. The predicted octanol–water partition coefficient (Wildman–Crippen LogP) is 1.42. The number of likely N-dealkylation sites (tertiary alicyclic amines) is 1. The quantitative estimate of drug-likeness (QED) is 0.655. The minimum absolute atomic E-state index is 0.00231. The molecule has 2 N–H and O–H groups in total. The largest absolute Gasteiger partial charge is 0.495 e. The van der Waals surface area contributed by atoms with Crippen molar-refractivity contribution in [2.24, 2.45) is 0 Å². The fraction of sp³-hybridized carbons (Fsp3) is 0.556. The van der Waals surface area contributed by atoms with Gasteiger partial charge in [0.15, 0.2) is 0 Å². The number of hydrogen-bond acceptors (Lipinski definition) is 5. The molecule has 8 nitrogen and oxygen atoms in total. The highest BCUT2D eigenvalue weighted by molar-refractivity contribution is 7.89. The molecule has 12 heteroatoms. The van der Waals surface area contributed by atoms with Gasteiger partial charge in [0.25, 0.3) is 5.91 Å². The van der Waals surface area contributed by atoms with Gasteiger partial charge < -0.3 is 15.0 Å². The lowest BCUT2D eigenvalue weighted by Crippen LogP contribution is -2.48. The van der Waals surface area contributed by atoms with Crippen molar-refractivity contribution in [3.8, 4) is 5.75 Å². The Labute approximate surface area is 171 Å². The number of nitrogens with zero attached hydrogens (tertiary/aromatic N) is 1. The second kappa shape index (κ2) is 8.42. The van der Waals surface area contributed by atoms with Gasteiger partial charge in [0.1, 0.15) is 23.2 Å². The third kappa shape index (κ3) is 5.22. The van der Waals surface area contributed by atoms with Gasteiger partial charge in [-0.3, -0.25) is 9.59 Å². The first-order valence-electron chi connectivity index (χ1n) is 9.37. The number of nitrogens with one attached hydrogen (secondary N) is 2. The molecule has 2 fully saturated rings. The van der Waals surface area contributed by atoms with Crippen LogP contribution in [-0.4, -0.2) is 63.6 Å². The fourth-order valence-electron chi connectivity index (χ4n) is 3.26. The van der Waals surface area contributed by atoms with Crippen LogP contribution in [0.5, 0.6) is 5.75 Å². The van der Waals surface area contributed by atoms with Gasteiger partial charge in [-0.1, -0.05) is 0 Å². The van der Waals surface area contributed by atoms with E-state index in [1.807, 2.05) is 0 Å². The normalized spacial score (nSPS) is 19.6. The standard InChI is InChI=1S/C18H22F3N3O5S/c1-29-14-7-4-11(9-15(14)30(27,28)23-12-5-6-12)17(26)24-8-2-3-13(24)16(25)22-10-18(19,20)21/h4,7,9,12-13,23H,2-3,5-6,8,10H2,1H3,(H,22,25). The molecule has 3 rings (SSSR count). The second-order valence-electron chi connectivity index (χ2n) is 7.25. The van der Waals surface area contributed by atoms with Crippen molar-refractivity contribution in [2.45, 2.75) is 48.8 Å². The number of carbonyl (C=O) groups excluding carboxylic acids is 2. The first-order valence-corrected chi connectivity index (χ1v) is 10.9. The van der Waals surface area contributed by atoms with Gasteiger partial charge in [0.05, 0.1) is 7.11 Å². The van der Waals surface area contributed by atoms with Gasteiger partial charge in [-0.15, -0.1) is 0 Å². The van der Waals surface area contributed by atoms with Gasteiger partial charge >= 0.3 is 6.18 Å². The van der Waals surface area contributed by atoms with Crippen LogP contribution in [0.15, 0.2) is 23.1 Å². The van der Waals surface area contributed by atoms with Crippen LogP contribution >= 0.6 is 0 Å². The van der Waals surface area contributed by atoms with E-state index in [1.54, 1.807) is 5.32 Å². The maximum atomic E-state index is 12.9. The second-order valence-corrected chi connectivity index (χ2v) is 8.93. The number of methoxy groups -OCH3 is 1. The van der Waals surface area contributed by atoms with Gasteiger partial charge in [-0.25, -0.2) is 13.1 Å². The summed E-state index contributed by atoms with van der Waals surface area (Å²) in [7, 11) is -2.62. The Morgan fingerprint density at radius 3 is 2.53 bits per heavy atom. The monoisotopic (exact) mass is 449 g/mol. The Morgan fingerprint density at radius 1 is 1.23 bits per heavy atom. The molecule has 0 bridgehead atoms. The third-order valence-electron chi connectivity index (χ3n) is 4.88. The SMILES string of the molecule is COc1ccc(C(=O)N2CCCC2C(=O)NCC(F)(F)F)cc1S(=O)(=O)NC1CC1. The van der Waals surface area contributed by atoms with Crippen LogP contribution in [0.3, 0.4) is 0 Å². The number of rotatable bonds is 7. The van der Waals surface area contributed by atoms with E-state index in [-0.39, 0.29) is 35.2 Å². The maximum absolute atomic E-state index is 12.9. The molecular formula is C18H22F3N3O5S. The Morgan fingerprint density at radius 2 is 1.93 bits per heavy atom. The van der Waals surface area contributed by atoms with Crippen LogP contribution in [0.2, 0.25) is 0 Å². The van der Waals surface area contributed by atoms with Gasteiger partial charge in [0.2, 0.25) is 15.9 Å². The Bertz CT molecular complexity index is 931. The summed E-state index contributed by atoms with van der Waals surface area (Å²) in [6.45, 7) is -1.31. The van der Waals surface area contributed by atoms with Crippen LogP contribution in [0, 0.1) is 0 Å². The van der Waals surface area contributed by atoms with E-state index in [0.717, 1.165) is 23.8 Å². The van der Waals surface area contributed by atoms with E-state index in [1.165, 1.54) is 19.2 Å². The summed E-state index contributed by atoms with van der Waals surface area (Å²) in [5, 5.41) is 1.80. The lowest BCUT2D eigenvalue weighted by molar-refractivity contribution is -0.140. The zero-order valence-corrected chi connectivity index (χ0v) is 17.0. The Kier molecular flexibility index (Phi) is 6.27. The number of ether oxygens (including phenoxy) is 1. The molecule has 1 heterocycles. The average Bonchev–Trinajstić information content (AvgIpc) is 3.34. The molecule has 1 aromatic carbocycles. The molecule has 1 saturated carbocycles. The van der Waals surface area contributed by atoms with Gasteiger partial charge in [0, 0.05) is 18.2 Å². The molecule has 0 radical (unpaired) electrons. The molecule has 0 spiro atoms. The molecule has 2 aliphatic rings. The lowest BCUT2D eigenvalue weighted by atomic mass is 10.1. The van der Waals surface area contributed by atoms with Crippen molar-refractivity contribution in [1.82, 2.24) is 14.9 Å². The number of amides is 2. The molecule has 1 aliphatic heterocycles. The summed E-state index contributed by atoms with van der Waals surface area (Å²) in [4.78, 5) is 26.1. The number of halogens is 3. The highest BCUT2D eigenvalue weighted by Crippen LogP contribution is 2.30. The minimum atomic E-state index is -4.56. The fourth-order valence-corrected chi connectivity index (χ4v) is 4.76. The van der Waals surface area contributed by atoms with Gasteiger partial charge in [-0.2, -0.15) is 13.2 Å². The number of alkyl halides is 3. The summed E-state index contributed by atoms with van der Waals surface area (Å²) in [6, 6.07) is 2.66. The average molecular weight is 449 g/mol. The van der Waals surface area contributed by atoms with Crippen LogP contribution in [0.25, 0.3) is 0 Å². The van der Waals surface area contributed by atoms with Crippen LogP contribution in [0.1, 0.15) is 36.0 Å². The first kappa shape index (κ1) is 22.3.